The Morgan fingerprint density at radius 2 is 2.16 bits per heavy atom. The van der Waals surface area contributed by atoms with Crippen molar-refractivity contribution in [2.45, 2.75) is 52.0 Å². The van der Waals surface area contributed by atoms with Crippen molar-refractivity contribution in [3.05, 3.63) is 22.9 Å². The quantitative estimate of drug-likeness (QED) is 0.906. The first-order chi connectivity index (χ1) is 9.04. The second-order valence-corrected chi connectivity index (χ2v) is 5.35. The summed E-state index contributed by atoms with van der Waals surface area (Å²) in [7, 11) is 1.93. The molecule has 0 fully saturated rings. The molecule has 1 heterocycles. The summed E-state index contributed by atoms with van der Waals surface area (Å²) in [6, 6.07) is 2.12. The highest BCUT2D eigenvalue weighted by molar-refractivity contribution is 5.93. The number of aromatic carboxylic acids is 1. The molecule has 0 bridgehead atoms. The Balaban J connectivity index is 2.48. The molecule has 1 unspecified atom stereocenters. The zero-order chi connectivity index (χ0) is 14.0. The third kappa shape index (κ3) is 2.72. The standard InChI is InChI=1S/C15H22N2O2/c1-4-10(2)17(3)14-12(15(18)19)9-11-7-5-6-8-13(11)16-14/h9-10H,4-8H2,1-3H3,(H,18,19). The van der Waals surface area contributed by atoms with Crippen LogP contribution in [0.5, 0.6) is 0 Å². The topological polar surface area (TPSA) is 53.4 Å². The normalized spacial score (nSPS) is 15.7. The van der Waals surface area contributed by atoms with E-state index in [0.717, 1.165) is 43.4 Å². The van der Waals surface area contributed by atoms with Gasteiger partial charge in [0.2, 0.25) is 0 Å². The van der Waals surface area contributed by atoms with E-state index in [9.17, 15) is 9.90 Å². The molecule has 0 radical (unpaired) electrons. The van der Waals surface area contributed by atoms with E-state index in [4.69, 9.17) is 0 Å². The molecule has 0 aromatic carbocycles. The number of aromatic nitrogens is 1. The molecule has 104 valence electrons. The summed E-state index contributed by atoms with van der Waals surface area (Å²) in [5.74, 6) is -0.270. The number of hydrogen-bond donors (Lipinski definition) is 1. The average molecular weight is 262 g/mol. The van der Waals surface area contributed by atoms with Gasteiger partial charge < -0.3 is 10.0 Å². The number of rotatable bonds is 4. The molecular weight excluding hydrogens is 240 g/mol. The maximum absolute atomic E-state index is 11.5. The molecule has 0 amide bonds. The SMILES string of the molecule is CCC(C)N(C)c1nc2c(cc1C(=O)O)CCCC2. The van der Waals surface area contributed by atoms with Crippen LogP contribution in [0.15, 0.2) is 6.07 Å². The minimum atomic E-state index is -0.883. The van der Waals surface area contributed by atoms with Crippen molar-refractivity contribution in [1.29, 1.82) is 0 Å². The second-order valence-electron chi connectivity index (χ2n) is 5.35. The summed E-state index contributed by atoms with van der Waals surface area (Å²) < 4.78 is 0. The zero-order valence-corrected chi connectivity index (χ0v) is 11.9. The van der Waals surface area contributed by atoms with Crippen molar-refractivity contribution in [3.63, 3.8) is 0 Å². The molecule has 1 aliphatic carbocycles. The number of carbonyl (C=O) groups is 1. The first kappa shape index (κ1) is 13.8. The van der Waals surface area contributed by atoms with Gasteiger partial charge in [-0.1, -0.05) is 6.92 Å². The van der Waals surface area contributed by atoms with Gasteiger partial charge in [0.1, 0.15) is 11.4 Å². The van der Waals surface area contributed by atoms with Crippen molar-refractivity contribution in [1.82, 2.24) is 4.98 Å². The van der Waals surface area contributed by atoms with Crippen LogP contribution in [0.2, 0.25) is 0 Å². The second kappa shape index (κ2) is 5.59. The molecule has 1 atom stereocenters. The van der Waals surface area contributed by atoms with E-state index in [1.54, 1.807) is 0 Å². The van der Waals surface area contributed by atoms with Crippen molar-refractivity contribution < 1.29 is 9.90 Å². The van der Waals surface area contributed by atoms with Crippen molar-refractivity contribution >= 4 is 11.8 Å². The fraction of sp³-hybridized carbons (Fsp3) is 0.600. The van der Waals surface area contributed by atoms with Crippen LogP contribution in [0.1, 0.15) is 54.7 Å². The number of nitrogens with zero attached hydrogens (tertiary/aromatic N) is 2. The summed E-state index contributed by atoms with van der Waals surface area (Å²) in [5, 5.41) is 9.40. The van der Waals surface area contributed by atoms with Crippen LogP contribution in [-0.2, 0) is 12.8 Å². The number of pyridine rings is 1. The van der Waals surface area contributed by atoms with Crippen molar-refractivity contribution in [3.8, 4) is 0 Å². The molecule has 4 nitrogen and oxygen atoms in total. The third-order valence-electron chi connectivity index (χ3n) is 4.10. The van der Waals surface area contributed by atoms with E-state index in [0.29, 0.717) is 11.4 Å². The Morgan fingerprint density at radius 3 is 2.79 bits per heavy atom. The minimum Gasteiger partial charge on any atom is -0.478 e. The van der Waals surface area contributed by atoms with Gasteiger partial charge in [-0.05, 0) is 50.7 Å². The van der Waals surface area contributed by atoms with E-state index in [1.165, 1.54) is 0 Å². The smallest absolute Gasteiger partial charge is 0.339 e. The van der Waals surface area contributed by atoms with Crippen LogP contribution in [0.3, 0.4) is 0 Å². The Kier molecular flexibility index (Phi) is 4.08. The Morgan fingerprint density at radius 1 is 1.47 bits per heavy atom. The van der Waals surface area contributed by atoms with Gasteiger partial charge in [-0.2, -0.15) is 0 Å². The Bertz CT molecular complexity index is 485. The van der Waals surface area contributed by atoms with Crippen LogP contribution < -0.4 is 4.90 Å². The molecule has 0 saturated heterocycles. The largest absolute Gasteiger partial charge is 0.478 e. The number of carboxylic acids is 1. The molecule has 1 aromatic rings. The lowest BCUT2D eigenvalue weighted by atomic mass is 9.94. The lowest BCUT2D eigenvalue weighted by Crippen LogP contribution is -2.31. The molecule has 19 heavy (non-hydrogen) atoms. The van der Waals surface area contributed by atoms with Gasteiger partial charge in [0.25, 0.3) is 0 Å². The molecule has 2 rings (SSSR count). The molecule has 0 aliphatic heterocycles. The van der Waals surface area contributed by atoms with Gasteiger partial charge in [0.15, 0.2) is 0 Å². The Hall–Kier alpha value is -1.58. The van der Waals surface area contributed by atoms with Gasteiger partial charge in [-0.15, -0.1) is 0 Å². The van der Waals surface area contributed by atoms with Gasteiger partial charge >= 0.3 is 5.97 Å². The summed E-state index contributed by atoms with van der Waals surface area (Å²) in [5.41, 5.74) is 2.54. The number of aryl methyl sites for hydroxylation is 2. The van der Waals surface area contributed by atoms with Crippen LogP contribution in [0, 0.1) is 0 Å². The first-order valence-corrected chi connectivity index (χ1v) is 7.03. The summed E-state index contributed by atoms with van der Waals surface area (Å²) >= 11 is 0. The van der Waals surface area contributed by atoms with Gasteiger partial charge in [-0.25, -0.2) is 9.78 Å². The summed E-state index contributed by atoms with van der Waals surface area (Å²) in [6.45, 7) is 4.19. The lowest BCUT2D eigenvalue weighted by molar-refractivity contribution is 0.0697. The highest BCUT2D eigenvalue weighted by atomic mass is 16.4. The van der Waals surface area contributed by atoms with Gasteiger partial charge in [0.05, 0.1) is 0 Å². The lowest BCUT2D eigenvalue weighted by Gasteiger charge is -2.28. The molecule has 1 aliphatic rings. The molecule has 0 spiro atoms. The number of hydrogen-bond acceptors (Lipinski definition) is 3. The van der Waals surface area contributed by atoms with E-state index in [1.807, 2.05) is 18.0 Å². The van der Waals surface area contributed by atoms with Crippen LogP contribution in [0.25, 0.3) is 0 Å². The minimum absolute atomic E-state index is 0.284. The molecule has 1 aromatic heterocycles. The summed E-state index contributed by atoms with van der Waals surface area (Å²) in [4.78, 5) is 18.1. The summed E-state index contributed by atoms with van der Waals surface area (Å²) in [6.07, 6.45) is 5.17. The molecular formula is C15H22N2O2. The van der Waals surface area contributed by atoms with Gasteiger partial charge in [0, 0.05) is 18.8 Å². The highest BCUT2D eigenvalue weighted by Gasteiger charge is 2.22. The highest BCUT2D eigenvalue weighted by Crippen LogP contribution is 2.27. The van der Waals surface area contributed by atoms with Crippen LogP contribution in [0.4, 0.5) is 5.82 Å². The molecule has 4 heteroatoms. The first-order valence-electron chi connectivity index (χ1n) is 7.03. The maximum atomic E-state index is 11.5. The predicted octanol–water partition coefficient (Wildman–Crippen LogP) is 2.89. The monoisotopic (exact) mass is 262 g/mol. The maximum Gasteiger partial charge on any atom is 0.339 e. The number of carboxylic acid groups (broad SMARTS) is 1. The van der Waals surface area contributed by atoms with E-state index in [-0.39, 0.29) is 6.04 Å². The predicted molar refractivity (Wildman–Crippen MR) is 76.0 cm³/mol. The van der Waals surface area contributed by atoms with E-state index in [2.05, 4.69) is 18.8 Å². The van der Waals surface area contributed by atoms with Crippen molar-refractivity contribution in [2.24, 2.45) is 0 Å². The third-order valence-corrected chi connectivity index (χ3v) is 4.10. The number of anilines is 1. The fourth-order valence-corrected chi connectivity index (χ4v) is 2.53. The fourth-order valence-electron chi connectivity index (χ4n) is 2.53. The van der Waals surface area contributed by atoms with E-state index < -0.39 is 5.97 Å². The number of fused-ring (bicyclic) bond motifs is 1. The van der Waals surface area contributed by atoms with Gasteiger partial charge in [-0.3, -0.25) is 0 Å². The Labute approximate surface area is 114 Å². The zero-order valence-electron chi connectivity index (χ0n) is 11.9. The molecule has 1 N–H and O–H groups in total. The van der Waals surface area contributed by atoms with E-state index >= 15 is 0 Å². The van der Waals surface area contributed by atoms with Crippen LogP contribution in [-0.4, -0.2) is 29.1 Å². The molecule has 0 saturated carbocycles. The van der Waals surface area contributed by atoms with Crippen molar-refractivity contribution in [2.75, 3.05) is 11.9 Å². The van der Waals surface area contributed by atoms with Crippen LogP contribution >= 0.6 is 0 Å². The average Bonchev–Trinajstić information content (AvgIpc) is 2.44.